The van der Waals surface area contributed by atoms with E-state index in [1.807, 2.05) is 0 Å². The first-order chi connectivity index (χ1) is 30.3. The highest BCUT2D eigenvalue weighted by molar-refractivity contribution is 6.07. The standard InChI is InChI=1S/C44H36N10O9/c1-24(18-25-2-14-33(55)15-3-25)40(58)46-28-10-6-27(7-11-28)41(59)49-36(19-31-22-45-52-50-31)43(61)47-29-8-4-26(5-9-29)37-23-54(53-51-37)32-13-17-34(39(57)21-32)42(60)48-30-12-16-35(44(62)63)38(56)20-30/h2-18,20-23,36,55-57H,19H2,1H3,(H,46,58)(H,47,61)(H,48,60)(H,49,59)(H,62,63)(H,45,50,52)/b24-18+/t36-/m0/s1. The molecule has 5 aromatic carbocycles. The molecule has 0 saturated carbocycles. The van der Waals surface area contributed by atoms with Crippen molar-refractivity contribution >= 4 is 52.7 Å². The normalized spacial score (nSPS) is 11.6. The maximum Gasteiger partial charge on any atom is 0.339 e. The van der Waals surface area contributed by atoms with Gasteiger partial charge in [0.15, 0.2) is 0 Å². The highest BCUT2D eigenvalue weighted by Gasteiger charge is 2.24. The SMILES string of the molecule is C/C(=C\c1ccc(O)cc1)C(=O)Nc1ccc(C(=O)N[C@@H](Cc2cn[nH]n2)C(=O)Nc2ccc(-c3cn(-c4ccc(C(=O)Nc5ccc(C(=O)O)c(O)c5)c(O)c4)nn3)cc2)cc1. The first kappa shape index (κ1) is 42.0. The molecule has 0 saturated heterocycles. The van der Waals surface area contributed by atoms with Gasteiger partial charge in [0.25, 0.3) is 17.7 Å². The highest BCUT2D eigenvalue weighted by Crippen LogP contribution is 2.27. The maximum atomic E-state index is 13.6. The van der Waals surface area contributed by atoms with Gasteiger partial charge < -0.3 is 41.7 Å². The van der Waals surface area contributed by atoms with Gasteiger partial charge in [-0.25, -0.2) is 9.48 Å². The second-order valence-corrected chi connectivity index (χ2v) is 13.9. The van der Waals surface area contributed by atoms with Gasteiger partial charge in [0.1, 0.15) is 34.5 Å². The number of aromatic nitrogens is 6. The minimum absolute atomic E-state index is 0.0180. The van der Waals surface area contributed by atoms with Crippen LogP contribution in [0.25, 0.3) is 23.0 Å². The molecule has 63 heavy (non-hydrogen) atoms. The number of phenols is 3. The Morgan fingerprint density at radius 2 is 1.41 bits per heavy atom. The van der Waals surface area contributed by atoms with E-state index in [1.54, 1.807) is 67.7 Å². The molecule has 7 rings (SSSR count). The summed E-state index contributed by atoms with van der Waals surface area (Å²) < 4.78 is 1.38. The smallest absolute Gasteiger partial charge is 0.339 e. The summed E-state index contributed by atoms with van der Waals surface area (Å²) in [5, 5.41) is 68.7. The molecular formula is C44H36N10O9. The number of aromatic carboxylic acids is 1. The van der Waals surface area contributed by atoms with Gasteiger partial charge in [-0.2, -0.15) is 15.4 Å². The third-order valence-corrected chi connectivity index (χ3v) is 9.46. The minimum atomic E-state index is -1.33. The predicted molar refractivity (Wildman–Crippen MR) is 228 cm³/mol. The molecule has 4 amide bonds. The molecule has 0 bridgehead atoms. The number of carboxylic acid groups (broad SMARTS) is 1. The number of hydrogen-bond acceptors (Lipinski definition) is 12. The Morgan fingerprint density at radius 3 is 2.08 bits per heavy atom. The molecule has 19 heteroatoms. The summed E-state index contributed by atoms with van der Waals surface area (Å²) >= 11 is 0. The van der Waals surface area contributed by atoms with Crippen LogP contribution in [0.2, 0.25) is 0 Å². The number of nitrogens with zero attached hydrogens (tertiary/aromatic N) is 5. The third kappa shape index (κ3) is 10.4. The Labute approximate surface area is 356 Å². The number of aromatic amines is 1. The summed E-state index contributed by atoms with van der Waals surface area (Å²) in [5.74, 6) is -4.26. The molecule has 19 nitrogen and oxygen atoms in total. The quantitative estimate of drug-likeness (QED) is 0.0642. The molecule has 2 aromatic heterocycles. The summed E-state index contributed by atoms with van der Waals surface area (Å²) in [4.78, 5) is 63.7. The Kier molecular flexibility index (Phi) is 12.3. The van der Waals surface area contributed by atoms with Crippen LogP contribution in [0.5, 0.6) is 17.2 Å². The average molecular weight is 849 g/mol. The minimum Gasteiger partial charge on any atom is -0.508 e. The first-order valence-corrected chi connectivity index (χ1v) is 18.9. The van der Waals surface area contributed by atoms with Crippen molar-refractivity contribution in [2.24, 2.45) is 0 Å². The van der Waals surface area contributed by atoms with E-state index in [1.165, 1.54) is 59.4 Å². The molecule has 0 radical (unpaired) electrons. The van der Waals surface area contributed by atoms with E-state index in [0.29, 0.717) is 39.6 Å². The number of nitrogens with one attached hydrogen (secondary N) is 5. The van der Waals surface area contributed by atoms with Crippen molar-refractivity contribution < 1.29 is 44.4 Å². The Morgan fingerprint density at radius 1 is 0.746 bits per heavy atom. The number of anilines is 3. The number of rotatable bonds is 14. The summed E-state index contributed by atoms with van der Waals surface area (Å²) in [6, 6.07) is 25.9. The largest absolute Gasteiger partial charge is 0.508 e. The monoisotopic (exact) mass is 848 g/mol. The van der Waals surface area contributed by atoms with Crippen LogP contribution >= 0.6 is 0 Å². The summed E-state index contributed by atoms with van der Waals surface area (Å²) in [6.07, 6.45) is 4.73. The molecular weight excluding hydrogens is 813 g/mol. The number of carboxylic acids is 1. The number of benzene rings is 5. The zero-order valence-corrected chi connectivity index (χ0v) is 33.0. The molecule has 1 atom stereocenters. The lowest BCUT2D eigenvalue weighted by Crippen LogP contribution is -2.45. The second kappa shape index (κ2) is 18.4. The molecule has 0 aliphatic carbocycles. The average Bonchev–Trinajstić information content (AvgIpc) is 3.98. The van der Waals surface area contributed by atoms with E-state index in [4.69, 9.17) is 5.11 Å². The molecule has 0 fully saturated rings. The summed E-state index contributed by atoms with van der Waals surface area (Å²) in [7, 11) is 0. The molecule has 7 aromatic rings. The molecule has 2 heterocycles. The fourth-order valence-electron chi connectivity index (χ4n) is 6.12. The van der Waals surface area contributed by atoms with E-state index in [2.05, 4.69) is 47.0 Å². The van der Waals surface area contributed by atoms with Gasteiger partial charge in [-0.3, -0.25) is 19.2 Å². The van der Waals surface area contributed by atoms with Gasteiger partial charge in [0.2, 0.25) is 5.91 Å². The lowest BCUT2D eigenvalue weighted by atomic mass is 10.1. The molecule has 0 aliphatic heterocycles. The van der Waals surface area contributed by atoms with Crippen LogP contribution in [0.15, 0.2) is 127 Å². The number of phenolic OH excluding ortho intramolecular Hbond substituents is 2. The Hall–Kier alpha value is -9.13. The lowest BCUT2D eigenvalue weighted by molar-refractivity contribution is -0.118. The number of H-pyrrole nitrogens is 1. The molecule has 9 N–H and O–H groups in total. The maximum absolute atomic E-state index is 13.6. The lowest BCUT2D eigenvalue weighted by Gasteiger charge is -2.18. The molecule has 0 unspecified atom stereocenters. The zero-order valence-electron chi connectivity index (χ0n) is 33.0. The fraction of sp³-hybridized carbons (Fsp3) is 0.0682. The van der Waals surface area contributed by atoms with Crippen molar-refractivity contribution in [2.75, 3.05) is 16.0 Å². The van der Waals surface area contributed by atoms with Gasteiger partial charge >= 0.3 is 5.97 Å². The second-order valence-electron chi connectivity index (χ2n) is 13.9. The van der Waals surface area contributed by atoms with Crippen LogP contribution in [0, 0.1) is 0 Å². The van der Waals surface area contributed by atoms with Gasteiger partial charge in [0, 0.05) is 52.3 Å². The van der Waals surface area contributed by atoms with Crippen LogP contribution in [-0.4, -0.2) is 86.5 Å². The summed E-state index contributed by atoms with van der Waals surface area (Å²) in [5.41, 5.74) is 3.84. The Balaban J connectivity index is 0.966. The molecule has 0 aliphatic rings. The Bertz CT molecular complexity index is 2860. The van der Waals surface area contributed by atoms with Crippen LogP contribution in [0.3, 0.4) is 0 Å². The molecule has 0 spiro atoms. The molecule has 316 valence electrons. The van der Waals surface area contributed by atoms with Crippen LogP contribution in [0.4, 0.5) is 17.1 Å². The van der Waals surface area contributed by atoms with Crippen molar-refractivity contribution in [2.45, 2.75) is 19.4 Å². The van der Waals surface area contributed by atoms with E-state index < -0.39 is 35.5 Å². The van der Waals surface area contributed by atoms with Crippen molar-refractivity contribution in [1.29, 1.82) is 0 Å². The van der Waals surface area contributed by atoms with E-state index in [-0.39, 0.29) is 46.2 Å². The van der Waals surface area contributed by atoms with Gasteiger partial charge in [-0.1, -0.05) is 29.5 Å². The van der Waals surface area contributed by atoms with Gasteiger partial charge in [-0.15, -0.1) is 5.10 Å². The first-order valence-electron chi connectivity index (χ1n) is 18.9. The predicted octanol–water partition coefficient (Wildman–Crippen LogP) is 5.14. The van der Waals surface area contributed by atoms with Gasteiger partial charge in [-0.05, 0) is 91.4 Å². The van der Waals surface area contributed by atoms with Crippen LogP contribution in [-0.2, 0) is 16.0 Å². The fourth-order valence-corrected chi connectivity index (χ4v) is 6.12. The third-order valence-electron chi connectivity index (χ3n) is 9.46. The number of aromatic hydroxyl groups is 3. The topological polar surface area (TPSA) is 287 Å². The van der Waals surface area contributed by atoms with Gasteiger partial charge in [0.05, 0.1) is 29.3 Å². The van der Waals surface area contributed by atoms with Crippen molar-refractivity contribution in [3.63, 3.8) is 0 Å². The van der Waals surface area contributed by atoms with Crippen molar-refractivity contribution in [1.82, 2.24) is 35.7 Å². The van der Waals surface area contributed by atoms with Crippen molar-refractivity contribution in [3.05, 3.63) is 155 Å². The zero-order chi connectivity index (χ0) is 44.6. The number of hydrogen-bond donors (Lipinski definition) is 9. The van der Waals surface area contributed by atoms with Crippen LogP contribution < -0.4 is 21.3 Å². The van der Waals surface area contributed by atoms with E-state index >= 15 is 0 Å². The highest BCUT2D eigenvalue weighted by atomic mass is 16.4. The summed E-state index contributed by atoms with van der Waals surface area (Å²) in [6.45, 7) is 1.65. The van der Waals surface area contributed by atoms with Crippen LogP contribution in [0.1, 0.15) is 49.3 Å². The van der Waals surface area contributed by atoms with E-state index in [9.17, 15) is 39.3 Å². The van der Waals surface area contributed by atoms with E-state index in [0.717, 1.165) is 17.7 Å². The van der Waals surface area contributed by atoms with Crippen molar-refractivity contribution in [3.8, 4) is 34.2 Å². The number of carbonyl (C=O) groups is 5. The number of carbonyl (C=O) groups excluding carboxylic acids is 4. The number of amides is 4.